The van der Waals surface area contributed by atoms with Crippen LogP contribution in [0.25, 0.3) is 0 Å². The van der Waals surface area contributed by atoms with E-state index in [1.165, 1.54) is 0 Å². The quantitative estimate of drug-likeness (QED) is 0.559. The second kappa shape index (κ2) is 3.69. The zero-order valence-electron chi connectivity index (χ0n) is 6.94. The minimum Gasteiger partial charge on any atom is -0.326 e. The van der Waals surface area contributed by atoms with Gasteiger partial charge in [0.15, 0.2) is 0 Å². The minimum atomic E-state index is -3.31. The summed E-state index contributed by atoms with van der Waals surface area (Å²) in [4.78, 5) is 2.02. The van der Waals surface area contributed by atoms with Crippen LogP contribution in [0, 0.1) is 0 Å². The molecule has 72 valence electrons. The molecule has 12 heavy (non-hydrogen) atoms. The van der Waals surface area contributed by atoms with Crippen LogP contribution in [0.15, 0.2) is 0 Å². The average molecular weight is 193 g/mol. The first-order chi connectivity index (χ1) is 5.47. The molecule has 1 atom stereocenters. The normalized spacial score (nSPS) is 26.3. The highest BCUT2D eigenvalue weighted by atomic mass is 32.2. The van der Waals surface area contributed by atoms with Gasteiger partial charge in [-0.05, 0) is 13.0 Å². The summed E-state index contributed by atoms with van der Waals surface area (Å²) in [7, 11) is -3.31. The smallest absolute Gasteiger partial charge is 0.210 e. The van der Waals surface area contributed by atoms with E-state index in [2.05, 4.69) is 0 Å². The van der Waals surface area contributed by atoms with Gasteiger partial charge < -0.3 is 10.6 Å². The lowest BCUT2D eigenvalue weighted by Crippen LogP contribution is -2.32. The fourth-order valence-electron chi connectivity index (χ4n) is 1.32. The molecule has 1 fully saturated rings. The van der Waals surface area contributed by atoms with E-state index in [0.717, 1.165) is 19.5 Å². The Bertz CT molecular complexity index is 239. The van der Waals surface area contributed by atoms with Crippen molar-refractivity contribution in [1.82, 2.24) is 4.90 Å². The van der Waals surface area contributed by atoms with E-state index in [9.17, 15) is 8.42 Å². The summed E-state index contributed by atoms with van der Waals surface area (Å²) in [6, 6.07) is 0.200. The summed E-state index contributed by atoms with van der Waals surface area (Å²) < 4.78 is 21.2. The van der Waals surface area contributed by atoms with Crippen molar-refractivity contribution in [3.63, 3.8) is 0 Å². The molecule has 5 nitrogen and oxygen atoms in total. The van der Waals surface area contributed by atoms with Crippen molar-refractivity contribution < 1.29 is 8.42 Å². The summed E-state index contributed by atoms with van der Waals surface area (Å²) in [5.74, 6) is 0.0275. The van der Waals surface area contributed by atoms with Crippen LogP contribution >= 0.6 is 0 Å². The molecule has 1 heterocycles. The molecule has 0 aromatic carbocycles. The van der Waals surface area contributed by atoms with Crippen molar-refractivity contribution in [2.45, 2.75) is 12.5 Å². The van der Waals surface area contributed by atoms with Crippen LogP contribution in [-0.4, -0.2) is 44.7 Å². The Balaban J connectivity index is 2.25. The van der Waals surface area contributed by atoms with Crippen molar-refractivity contribution in [2.24, 2.45) is 10.9 Å². The van der Waals surface area contributed by atoms with Crippen molar-refractivity contribution >= 4 is 10.0 Å². The molecule has 1 aliphatic rings. The van der Waals surface area contributed by atoms with Crippen molar-refractivity contribution in [1.29, 1.82) is 0 Å². The maximum atomic E-state index is 10.6. The van der Waals surface area contributed by atoms with Crippen LogP contribution in [0.3, 0.4) is 0 Å². The van der Waals surface area contributed by atoms with E-state index in [1.807, 2.05) is 4.90 Å². The van der Waals surface area contributed by atoms with Gasteiger partial charge in [-0.2, -0.15) is 0 Å². The van der Waals surface area contributed by atoms with E-state index >= 15 is 0 Å². The third kappa shape index (κ3) is 3.48. The predicted octanol–water partition coefficient (Wildman–Crippen LogP) is -1.69. The van der Waals surface area contributed by atoms with E-state index in [0.29, 0.717) is 6.54 Å². The fourth-order valence-corrected chi connectivity index (χ4v) is 1.83. The number of nitrogens with zero attached hydrogens (tertiary/aromatic N) is 1. The fraction of sp³-hybridized carbons (Fsp3) is 1.00. The van der Waals surface area contributed by atoms with Gasteiger partial charge in [-0.1, -0.05) is 0 Å². The molecule has 0 radical (unpaired) electrons. The number of hydrogen-bond donors (Lipinski definition) is 2. The largest absolute Gasteiger partial charge is 0.326 e. The van der Waals surface area contributed by atoms with Crippen molar-refractivity contribution in [2.75, 3.05) is 25.4 Å². The second-order valence-corrected chi connectivity index (χ2v) is 4.95. The van der Waals surface area contributed by atoms with Gasteiger partial charge in [-0.25, -0.2) is 13.6 Å². The van der Waals surface area contributed by atoms with Gasteiger partial charge in [-0.15, -0.1) is 0 Å². The number of primary sulfonamides is 1. The molecule has 0 aromatic rings. The maximum absolute atomic E-state index is 10.6. The first-order valence-corrected chi connectivity index (χ1v) is 5.67. The lowest BCUT2D eigenvalue weighted by Gasteiger charge is -2.13. The number of rotatable bonds is 3. The monoisotopic (exact) mass is 193 g/mol. The van der Waals surface area contributed by atoms with Gasteiger partial charge in [0.2, 0.25) is 10.0 Å². The molecule has 4 N–H and O–H groups in total. The summed E-state index contributed by atoms with van der Waals surface area (Å²) in [6.45, 7) is 2.18. The lowest BCUT2D eigenvalue weighted by atomic mass is 10.3. The molecular formula is C6H15N3O2S. The van der Waals surface area contributed by atoms with Gasteiger partial charge in [0.05, 0.1) is 5.75 Å². The first-order valence-electron chi connectivity index (χ1n) is 3.96. The van der Waals surface area contributed by atoms with Gasteiger partial charge in [0, 0.05) is 19.1 Å². The van der Waals surface area contributed by atoms with Crippen LogP contribution in [-0.2, 0) is 10.0 Å². The summed E-state index contributed by atoms with van der Waals surface area (Å²) in [6.07, 6.45) is 0.949. The number of hydrogen-bond acceptors (Lipinski definition) is 4. The predicted molar refractivity (Wildman–Crippen MR) is 47.0 cm³/mol. The van der Waals surface area contributed by atoms with Gasteiger partial charge in [-0.3, -0.25) is 0 Å². The summed E-state index contributed by atoms with van der Waals surface area (Å²) in [5, 5.41) is 4.86. The molecule has 1 aliphatic heterocycles. The molecule has 0 spiro atoms. The summed E-state index contributed by atoms with van der Waals surface area (Å²) in [5.41, 5.74) is 5.64. The molecule has 0 saturated carbocycles. The molecule has 0 bridgehead atoms. The highest BCUT2D eigenvalue weighted by Gasteiger charge is 2.19. The topological polar surface area (TPSA) is 89.4 Å². The Kier molecular flexibility index (Phi) is 3.05. The Hall–Kier alpha value is -0.170. The highest BCUT2D eigenvalue weighted by molar-refractivity contribution is 7.89. The average Bonchev–Trinajstić information content (AvgIpc) is 2.30. The van der Waals surface area contributed by atoms with Gasteiger partial charge >= 0.3 is 0 Å². The van der Waals surface area contributed by atoms with Crippen LogP contribution < -0.4 is 10.9 Å². The summed E-state index contributed by atoms with van der Waals surface area (Å²) >= 11 is 0. The van der Waals surface area contributed by atoms with E-state index in [1.54, 1.807) is 0 Å². The third-order valence-corrected chi connectivity index (χ3v) is 2.75. The zero-order chi connectivity index (χ0) is 9.19. The Morgan fingerprint density at radius 3 is 2.58 bits per heavy atom. The van der Waals surface area contributed by atoms with Crippen molar-refractivity contribution in [3.05, 3.63) is 0 Å². The lowest BCUT2D eigenvalue weighted by molar-refractivity contribution is 0.354. The van der Waals surface area contributed by atoms with Crippen LogP contribution in [0.2, 0.25) is 0 Å². The van der Waals surface area contributed by atoms with E-state index < -0.39 is 10.0 Å². The first kappa shape index (κ1) is 9.91. The maximum Gasteiger partial charge on any atom is 0.210 e. The molecular weight excluding hydrogens is 178 g/mol. The van der Waals surface area contributed by atoms with Crippen molar-refractivity contribution in [3.8, 4) is 0 Å². The Morgan fingerprint density at radius 2 is 2.17 bits per heavy atom. The second-order valence-electron chi connectivity index (χ2n) is 3.22. The van der Waals surface area contributed by atoms with Crippen LogP contribution in [0.5, 0.6) is 0 Å². The Labute approximate surface area is 72.8 Å². The SMILES string of the molecule is NC1CCN(CCS(N)(=O)=O)C1. The molecule has 0 amide bonds. The number of sulfonamides is 1. The molecule has 1 saturated heterocycles. The standard InChI is InChI=1S/C6H15N3O2S/c7-6-1-2-9(5-6)3-4-12(8,10)11/h6H,1-5,7H2,(H2,8,10,11). The molecule has 0 aliphatic carbocycles. The van der Waals surface area contributed by atoms with Crippen LogP contribution in [0.4, 0.5) is 0 Å². The van der Waals surface area contributed by atoms with E-state index in [-0.39, 0.29) is 11.8 Å². The number of likely N-dealkylation sites (tertiary alicyclic amines) is 1. The highest BCUT2D eigenvalue weighted by Crippen LogP contribution is 2.05. The zero-order valence-corrected chi connectivity index (χ0v) is 7.76. The molecule has 1 rings (SSSR count). The molecule has 6 heteroatoms. The molecule has 0 aromatic heterocycles. The minimum absolute atomic E-state index is 0.0275. The van der Waals surface area contributed by atoms with Crippen LogP contribution in [0.1, 0.15) is 6.42 Å². The number of nitrogens with two attached hydrogens (primary N) is 2. The third-order valence-electron chi connectivity index (χ3n) is 2.00. The Morgan fingerprint density at radius 1 is 1.50 bits per heavy atom. The van der Waals surface area contributed by atoms with Gasteiger partial charge in [0.25, 0.3) is 0 Å². The van der Waals surface area contributed by atoms with E-state index in [4.69, 9.17) is 10.9 Å². The molecule has 1 unspecified atom stereocenters. The van der Waals surface area contributed by atoms with Gasteiger partial charge in [0.1, 0.15) is 0 Å².